The van der Waals surface area contributed by atoms with Crippen LogP contribution in [0.2, 0.25) is 0 Å². The number of aromatic nitrogens is 5. The van der Waals surface area contributed by atoms with Crippen molar-refractivity contribution in [2.75, 3.05) is 59.5 Å². The van der Waals surface area contributed by atoms with E-state index in [1.54, 1.807) is 11.8 Å². The van der Waals surface area contributed by atoms with E-state index < -0.39 is 42.3 Å². The normalized spacial score (nSPS) is 33.6. The van der Waals surface area contributed by atoms with Gasteiger partial charge in [-0.05, 0) is 97.7 Å². The van der Waals surface area contributed by atoms with Crippen LogP contribution in [-0.4, -0.2) is 113 Å². The number of nitrogens with zero attached hydrogens (tertiary/aromatic N) is 4. The van der Waals surface area contributed by atoms with Crippen LogP contribution in [0.3, 0.4) is 0 Å². The van der Waals surface area contributed by atoms with Crippen LogP contribution in [0.5, 0.6) is 0 Å². The Kier molecular flexibility index (Phi) is 16.4. The van der Waals surface area contributed by atoms with Crippen molar-refractivity contribution >= 4 is 0 Å². The lowest BCUT2D eigenvalue weighted by Gasteiger charge is -2.58. The maximum atomic E-state index is 12.4. The Labute approximate surface area is 367 Å². The molecule has 0 radical (unpaired) electrons. The number of hydrogen-bond acceptors (Lipinski definition) is 12. The summed E-state index contributed by atoms with van der Waals surface area (Å²) in [6.45, 7) is 16.0. The van der Waals surface area contributed by atoms with Gasteiger partial charge >= 0.3 is 5.69 Å². The first-order valence-corrected chi connectivity index (χ1v) is 23.7. The Morgan fingerprint density at radius 3 is 2.35 bits per heavy atom. The van der Waals surface area contributed by atoms with E-state index in [1.807, 2.05) is 0 Å². The maximum Gasteiger partial charge on any atom is 0.330 e. The summed E-state index contributed by atoms with van der Waals surface area (Å²) in [5, 5.41) is 28.7. The van der Waals surface area contributed by atoms with Crippen LogP contribution in [0.1, 0.15) is 123 Å². The molecular formula is C47H75N5O10. The van der Waals surface area contributed by atoms with Crippen molar-refractivity contribution in [2.24, 2.45) is 46.3 Å². The Morgan fingerprint density at radius 2 is 1.65 bits per heavy atom. The summed E-state index contributed by atoms with van der Waals surface area (Å²) in [7, 11) is 0. The second-order valence-corrected chi connectivity index (χ2v) is 19.9. The molecule has 348 valence electrons. The van der Waals surface area contributed by atoms with E-state index >= 15 is 0 Å². The first-order valence-electron chi connectivity index (χ1n) is 23.7. The molecule has 7 rings (SSSR count). The summed E-state index contributed by atoms with van der Waals surface area (Å²) in [5.41, 5.74) is 1.78. The molecule has 4 fully saturated rings. The van der Waals surface area contributed by atoms with E-state index in [0.717, 1.165) is 52.9 Å². The molecule has 62 heavy (non-hydrogen) atoms. The molecule has 0 unspecified atom stereocenters. The van der Waals surface area contributed by atoms with E-state index in [0.29, 0.717) is 69.4 Å². The third-order valence-electron chi connectivity index (χ3n) is 15.7. The second-order valence-electron chi connectivity index (χ2n) is 19.9. The van der Waals surface area contributed by atoms with Crippen LogP contribution in [0, 0.1) is 46.3 Å². The molecule has 4 aliphatic carbocycles. The molecule has 2 aromatic rings. The largest absolute Gasteiger partial charge is 0.394 e. The van der Waals surface area contributed by atoms with Crippen LogP contribution in [-0.2, 0) is 35.0 Å². The van der Waals surface area contributed by atoms with Gasteiger partial charge in [0, 0.05) is 12.3 Å². The molecule has 15 nitrogen and oxygen atoms in total. The van der Waals surface area contributed by atoms with E-state index in [9.17, 15) is 19.8 Å². The molecule has 0 amide bonds. The average molecular weight is 870 g/mol. The van der Waals surface area contributed by atoms with Gasteiger partial charge in [-0.25, -0.2) is 9.48 Å². The molecule has 3 heterocycles. The van der Waals surface area contributed by atoms with Crippen LogP contribution in [0.4, 0.5) is 0 Å². The monoisotopic (exact) mass is 870 g/mol. The summed E-state index contributed by atoms with van der Waals surface area (Å²) in [6, 6.07) is 0.294. The number of allylic oxidation sites excluding steroid dienone is 1. The van der Waals surface area contributed by atoms with Crippen LogP contribution in [0.25, 0.3) is 0 Å². The lowest BCUT2D eigenvalue weighted by molar-refractivity contribution is -0.0692. The van der Waals surface area contributed by atoms with Gasteiger partial charge in [0.05, 0.1) is 78.4 Å². The van der Waals surface area contributed by atoms with Gasteiger partial charge in [-0.2, -0.15) is 0 Å². The average Bonchev–Trinajstić information content (AvgIpc) is 3.95. The number of aliphatic hydroxyl groups is 2. The SMILES string of the molecule is CC(C)CCC[C@@H](C)[C@H]1CC[C@H]2[C@@H]3CC=C4C[C@@H](OCCOCCOCCOCCOCc5cn([C@@H]6[C@H](O)[C@@H](CO)O[C@H]6n6ccc(=O)[nH]c6=O)nn5)CC[C@]4(C)[C@H]3CC[C@]12C. The molecule has 12 atom stereocenters. The van der Waals surface area contributed by atoms with Crippen molar-refractivity contribution < 1.29 is 38.6 Å². The van der Waals surface area contributed by atoms with Gasteiger partial charge in [0.1, 0.15) is 23.9 Å². The quantitative estimate of drug-likeness (QED) is 0.0929. The van der Waals surface area contributed by atoms with Gasteiger partial charge in [0.15, 0.2) is 6.23 Å². The highest BCUT2D eigenvalue weighted by Crippen LogP contribution is 2.67. The minimum Gasteiger partial charge on any atom is -0.394 e. The van der Waals surface area contributed by atoms with Crippen molar-refractivity contribution in [2.45, 2.75) is 142 Å². The minimum absolute atomic E-state index is 0.148. The Morgan fingerprint density at radius 1 is 0.919 bits per heavy atom. The van der Waals surface area contributed by atoms with Crippen LogP contribution in [0.15, 0.2) is 39.7 Å². The molecule has 1 aliphatic heterocycles. The summed E-state index contributed by atoms with van der Waals surface area (Å²) >= 11 is 0. The Balaban J connectivity index is 0.721. The molecule has 0 aromatic carbocycles. The minimum atomic E-state index is -1.19. The highest BCUT2D eigenvalue weighted by Gasteiger charge is 2.59. The lowest BCUT2D eigenvalue weighted by atomic mass is 9.47. The highest BCUT2D eigenvalue weighted by molar-refractivity contribution is 5.25. The van der Waals surface area contributed by atoms with E-state index in [1.165, 1.54) is 74.7 Å². The zero-order valence-corrected chi connectivity index (χ0v) is 38.0. The third kappa shape index (κ3) is 10.7. The van der Waals surface area contributed by atoms with Gasteiger partial charge < -0.3 is 38.6 Å². The van der Waals surface area contributed by atoms with E-state index in [-0.39, 0.29) is 12.7 Å². The zero-order valence-electron chi connectivity index (χ0n) is 38.0. The fraction of sp³-hybridized carbons (Fsp3) is 0.830. The predicted molar refractivity (Wildman–Crippen MR) is 232 cm³/mol. The number of H-pyrrole nitrogens is 1. The first kappa shape index (κ1) is 47.2. The third-order valence-corrected chi connectivity index (χ3v) is 15.7. The smallest absolute Gasteiger partial charge is 0.330 e. The summed E-state index contributed by atoms with van der Waals surface area (Å²) in [6.07, 6.45) is 17.3. The topological polar surface area (TPSA) is 181 Å². The molecule has 15 heteroatoms. The Hall–Kier alpha value is -2.76. The molecule has 0 spiro atoms. The molecule has 3 saturated carbocycles. The summed E-state index contributed by atoms with van der Waals surface area (Å²) in [4.78, 5) is 26.1. The fourth-order valence-corrected chi connectivity index (χ4v) is 12.5. The molecule has 0 bridgehead atoms. The standard InChI is InChI=1S/C47H75N5O10/c1-31(2)7-6-8-32(3)37-11-12-38-36-10-9-33-27-35(13-16-46(33,4)39(36)14-17-47(37,38)5)61-26-25-59-22-21-57-19-20-58-23-24-60-30-34-28-52(50-49-34)42-43(55)40(29-53)62-44(42)51-18-15-41(54)48-45(51)56/h9,15,18,28,31-32,35-40,42-44,53,55H,6-8,10-14,16-17,19-27,29-30H2,1-5H3,(H,48,54,56)/t32-,35+,36+,37-,38+,39+,40-,42-,43-,44-,46+,47-/m1/s1. The van der Waals surface area contributed by atoms with Crippen molar-refractivity contribution in [1.29, 1.82) is 0 Å². The number of hydrogen-bond donors (Lipinski definition) is 3. The number of fused-ring (bicyclic) bond motifs is 5. The maximum absolute atomic E-state index is 12.4. The van der Waals surface area contributed by atoms with Gasteiger partial charge in [0.25, 0.3) is 5.56 Å². The number of aromatic amines is 1. The molecule has 5 aliphatic rings. The second kappa shape index (κ2) is 21.5. The van der Waals surface area contributed by atoms with Gasteiger partial charge in [0.2, 0.25) is 0 Å². The number of nitrogens with one attached hydrogen (secondary N) is 1. The number of aliphatic hydroxyl groups excluding tert-OH is 2. The molecule has 2 aromatic heterocycles. The van der Waals surface area contributed by atoms with E-state index in [4.69, 9.17) is 28.4 Å². The Bertz CT molecular complexity index is 1870. The first-order chi connectivity index (χ1) is 29.9. The van der Waals surface area contributed by atoms with Crippen LogP contribution < -0.4 is 11.2 Å². The number of rotatable bonds is 23. The summed E-state index contributed by atoms with van der Waals surface area (Å²) < 4.78 is 37.4. The van der Waals surface area contributed by atoms with Crippen LogP contribution >= 0.6 is 0 Å². The van der Waals surface area contributed by atoms with Crippen molar-refractivity contribution in [3.63, 3.8) is 0 Å². The van der Waals surface area contributed by atoms with Crippen molar-refractivity contribution in [3.8, 4) is 0 Å². The molecule has 1 saturated heterocycles. The zero-order chi connectivity index (χ0) is 43.9. The van der Waals surface area contributed by atoms with Crippen molar-refractivity contribution in [3.05, 3.63) is 56.6 Å². The lowest BCUT2D eigenvalue weighted by Crippen LogP contribution is -2.51. The number of ether oxygens (including phenoxy) is 6. The molecular weight excluding hydrogens is 795 g/mol. The van der Waals surface area contributed by atoms with Gasteiger partial charge in [-0.1, -0.05) is 70.7 Å². The predicted octanol–water partition coefficient (Wildman–Crippen LogP) is 5.61. The van der Waals surface area contributed by atoms with Gasteiger partial charge in [-0.3, -0.25) is 14.3 Å². The van der Waals surface area contributed by atoms with Gasteiger partial charge in [-0.15, -0.1) is 5.10 Å². The van der Waals surface area contributed by atoms with E-state index in [2.05, 4.69) is 56.0 Å². The summed E-state index contributed by atoms with van der Waals surface area (Å²) in [5.74, 6) is 5.17. The molecule has 3 N–H and O–H groups in total. The fourth-order valence-electron chi connectivity index (χ4n) is 12.5. The van der Waals surface area contributed by atoms with Crippen molar-refractivity contribution in [1.82, 2.24) is 24.5 Å². The highest BCUT2D eigenvalue weighted by atomic mass is 16.6.